The first-order valence-electron chi connectivity index (χ1n) is 6.44. The van der Waals surface area contributed by atoms with E-state index in [1.807, 2.05) is 30.3 Å². The topological polar surface area (TPSA) is 3.24 Å². The van der Waals surface area contributed by atoms with Crippen molar-refractivity contribution in [1.29, 1.82) is 0 Å². The molecular weight excluding hydrogens is 263 g/mol. The van der Waals surface area contributed by atoms with Crippen molar-refractivity contribution in [3.8, 4) is 0 Å². The van der Waals surface area contributed by atoms with Crippen LogP contribution in [0.5, 0.6) is 0 Å². The molecule has 0 aromatic heterocycles. The van der Waals surface area contributed by atoms with Crippen LogP contribution in [0.15, 0.2) is 55.1 Å². The Morgan fingerprint density at radius 1 is 1.30 bits per heavy atom. The van der Waals surface area contributed by atoms with Gasteiger partial charge < -0.3 is 0 Å². The Morgan fingerprint density at radius 3 is 2.35 bits per heavy atom. The summed E-state index contributed by atoms with van der Waals surface area (Å²) in [6.45, 7) is 9.35. The van der Waals surface area contributed by atoms with Crippen molar-refractivity contribution in [3.63, 3.8) is 0 Å². The molecule has 0 fully saturated rings. The normalized spacial score (nSPS) is 13.2. The van der Waals surface area contributed by atoms with Gasteiger partial charge in [-0.1, -0.05) is 48.6 Å². The second-order valence-corrected chi connectivity index (χ2v) is 4.93. The molecule has 1 aromatic rings. The summed E-state index contributed by atoms with van der Waals surface area (Å²) in [6, 6.07) is 7.61. The molecule has 0 saturated carbocycles. The predicted octanol–water partition coefficient (Wildman–Crippen LogP) is 4.57. The van der Waals surface area contributed by atoms with Crippen LogP contribution < -0.4 is 0 Å². The van der Waals surface area contributed by atoms with E-state index in [1.54, 1.807) is 6.92 Å². The lowest BCUT2D eigenvalue weighted by molar-refractivity contribution is -0.183. The number of hydrogen-bond donors (Lipinski definition) is 0. The van der Waals surface area contributed by atoms with Gasteiger partial charge in [0.25, 0.3) is 0 Å². The molecule has 0 spiro atoms. The fraction of sp³-hybridized carbons (Fsp3) is 0.375. The van der Waals surface area contributed by atoms with Gasteiger partial charge in [-0.15, -0.1) is 6.58 Å². The van der Waals surface area contributed by atoms with Crippen LogP contribution in [-0.2, 0) is 6.54 Å². The molecule has 0 aliphatic rings. The zero-order valence-corrected chi connectivity index (χ0v) is 11.7. The molecule has 110 valence electrons. The lowest BCUT2D eigenvalue weighted by Gasteiger charge is -2.32. The minimum Gasteiger partial charge on any atom is -0.284 e. The van der Waals surface area contributed by atoms with Crippen molar-refractivity contribution in [2.75, 3.05) is 6.54 Å². The van der Waals surface area contributed by atoms with Crippen LogP contribution in [0.4, 0.5) is 13.2 Å². The number of alkyl halides is 3. The Morgan fingerprint density at radius 2 is 1.90 bits per heavy atom. The SMILES string of the molecule is C=CCC(N(CC(=C)C)Cc1ccccc1)C(F)(F)F. The number of halogens is 3. The van der Waals surface area contributed by atoms with Gasteiger partial charge in [0.05, 0.1) is 0 Å². The number of nitrogens with zero attached hydrogens (tertiary/aromatic N) is 1. The van der Waals surface area contributed by atoms with E-state index in [4.69, 9.17) is 0 Å². The summed E-state index contributed by atoms with van der Waals surface area (Å²) in [5, 5.41) is 0. The van der Waals surface area contributed by atoms with Crippen molar-refractivity contribution in [1.82, 2.24) is 4.90 Å². The standard InChI is InChI=1S/C16H20F3N/c1-4-8-15(16(17,18)19)20(11-13(2)3)12-14-9-6-5-7-10-14/h4-7,9-10,15H,1-2,8,11-12H2,3H3. The van der Waals surface area contributed by atoms with Gasteiger partial charge in [0, 0.05) is 13.1 Å². The maximum atomic E-state index is 13.2. The highest BCUT2D eigenvalue weighted by molar-refractivity contribution is 5.15. The van der Waals surface area contributed by atoms with E-state index in [-0.39, 0.29) is 19.5 Å². The van der Waals surface area contributed by atoms with Gasteiger partial charge in [-0.2, -0.15) is 13.2 Å². The van der Waals surface area contributed by atoms with Gasteiger partial charge in [-0.3, -0.25) is 4.90 Å². The zero-order valence-electron chi connectivity index (χ0n) is 11.7. The van der Waals surface area contributed by atoms with Crippen LogP contribution >= 0.6 is 0 Å². The van der Waals surface area contributed by atoms with Crippen LogP contribution in [-0.4, -0.2) is 23.7 Å². The Kier molecular flexibility index (Phi) is 6.02. The number of hydrogen-bond acceptors (Lipinski definition) is 1. The highest BCUT2D eigenvalue weighted by Crippen LogP contribution is 2.29. The van der Waals surface area contributed by atoms with Gasteiger partial charge in [0.1, 0.15) is 6.04 Å². The molecule has 0 heterocycles. The fourth-order valence-electron chi connectivity index (χ4n) is 2.09. The van der Waals surface area contributed by atoms with Crippen LogP contribution in [0.1, 0.15) is 18.9 Å². The molecular formula is C16H20F3N. The maximum Gasteiger partial charge on any atom is 0.404 e. The summed E-state index contributed by atoms with van der Waals surface area (Å²) in [5.74, 6) is 0. The van der Waals surface area contributed by atoms with Crippen LogP contribution in [0.25, 0.3) is 0 Å². The summed E-state index contributed by atoms with van der Waals surface area (Å²) in [4.78, 5) is 1.40. The van der Waals surface area contributed by atoms with Crippen LogP contribution in [0, 0.1) is 0 Å². The van der Waals surface area contributed by atoms with Gasteiger partial charge in [0.15, 0.2) is 0 Å². The average Bonchev–Trinajstić information content (AvgIpc) is 2.34. The van der Waals surface area contributed by atoms with E-state index in [0.29, 0.717) is 5.57 Å². The highest BCUT2D eigenvalue weighted by atomic mass is 19.4. The molecule has 20 heavy (non-hydrogen) atoms. The molecule has 0 radical (unpaired) electrons. The van der Waals surface area contributed by atoms with E-state index in [2.05, 4.69) is 13.2 Å². The first kappa shape index (κ1) is 16.5. The van der Waals surface area contributed by atoms with E-state index in [0.717, 1.165) is 5.56 Å². The average molecular weight is 283 g/mol. The predicted molar refractivity (Wildman–Crippen MR) is 76.3 cm³/mol. The molecule has 4 heteroatoms. The van der Waals surface area contributed by atoms with Crippen molar-refractivity contribution in [2.45, 2.75) is 32.1 Å². The Labute approximate surface area is 118 Å². The van der Waals surface area contributed by atoms with E-state index in [1.165, 1.54) is 11.0 Å². The molecule has 1 aromatic carbocycles. The van der Waals surface area contributed by atoms with Crippen molar-refractivity contribution < 1.29 is 13.2 Å². The Balaban J connectivity index is 2.96. The zero-order chi connectivity index (χ0) is 15.2. The third-order valence-corrected chi connectivity index (χ3v) is 2.91. The summed E-state index contributed by atoms with van der Waals surface area (Å²) < 4.78 is 39.6. The lowest BCUT2D eigenvalue weighted by Crippen LogP contribution is -2.45. The molecule has 0 N–H and O–H groups in total. The maximum absolute atomic E-state index is 13.2. The third kappa shape index (κ3) is 5.21. The molecule has 1 rings (SSSR count). The smallest absolute Gasteiger partial charge is 0.284 e. The van der Waals surface area contributed by atoms with Crippen molar-refractivity contribution in [2.24, 2.45) is 0 Å². The van der Waals surface area contributed by atoms with E-state index >= 15 is 0 Å². The molecule has 0 saturated heterocycles. The molecule has 0 amide bonds. The molecule has 1 atom stereocenters. The molecule has 1 unspecified atom stereocenters. The number of rotatable bonds is 7. The highest BCUT2D eigenvalue weighted by Gasteiger charge is 2.42. The first-order valence-corrected chi connectivity index (χ1v) is 6.44. The summed E-state index contributed by atoms with van der Waals surface area (Å²) >= 11 is 0. The van der Waals surface area contributed by atoms with Crippen molar-refractivity contribution in [3.05, 3.63) is 60.7 Å². The fourth-order valence-corrected chi connectivity index (χ4v) is 2.09. The van der Waals surface area contributed by atoms with Gasteiger partial charge >= 0.3 is 6.18 Å². The summed E-state index contributed by atoms with van der Waals surface area (Å²) in [5.41, 5.74) is 1.56. The van der Waals surface area contributed by atoms with E-state index in [9.17, 15) is 13.2 Å². The molecule has 0 aliphatic carbocycles. The minimum absolute atomic E-state index is 0.121. The largest absolute Gasteiger partial charge is 0.404 e. The second-order valence-electron chi connectivity index (χ2n) is 4.93. The van der Waals surface area contributed by atoms with Gasteiger partial charge in [0.2, 0.25) is 0 Å². The quantitative estimate of drug-likeness (QED) is 0.662. The second kappa shape index (κ2) is 7.29. The third-order valence-electron chi connectivity index (χ3n) is 2.91. The van der Waals surface area contributed by atoms with Crippen LogP contribution in [0.3, 0.4) is 0 Å². The first-order chi connectivity index (χ1) is 9.34. The monoisotopic (exact) mass is 283 g/mol. The molecule has 0 bridgehead atoms. The van der Waals surface area contributed by atoms with Gasteiger partial charge in [-0.05, 0) is 18.9 Å². The summed E-state index contributed by atoms with van der Waals surface area (Å²) in [6.07, 6.45) is -3.09. The van der Waals surface area contributed by atoms with E-state index < -0.39 is 12.2 Å². The molecule has 1 nitrogen and oxygen atoms in total. The Hall–Kier alpha value is -1.55. The van der Waals surface area contributed by atoms with Crippen molar-refractivity contribution >= 4 is 0 Å². The Bertz CT molecular complexity index is 437. The molecule has 0 aliphatic heterocycles. The minimum atomic E-state index is -4.28. The summed E-state index contributed by atoms with van der Waals surface area (Å²) in [7, 11) is 0. The lowest BCUT2D eigenvalue weighted by atomic mass is 10.1. The number of benzene rings is 1. The van der Waals surface area contributed by atoms with Crippen LogP contribution in [0.2, 0.25) is 0 Å². The van der Waals surface area contributed by atoms with Gasteiger partial charge in [-0.25, -0.2) is 0 Å².